The molecule has 1 N–H and O–H groups in total. The molecule has 1 heterocycles. The van der Waals surface area contributed by atoms with Gasteiger partial charge in [0.1, 0.15) is 0 Å². The van der Waals surface area contributed by atoms with Crippen LogP contribution in [0.3, 0.4) is 0 Å². The minimum Gasteiger partial charge on any atom is -0.375 e. The van der Waals surface area contributed by atoms with Crippen molar-refractivity contribution >= 4 is 0 Å². The minimum atomic E-state index is -0.0548. The van der Waals surface area contributed by atoms with Crippen molar-refractivity contribution in [2.45, 2.75) is 66.2 Å². The van der Waals surface area contributed by atoms with Crippen LogP contribution in [-0.2, 0) is 4.74 Å². The molecule has 2 unspecified atom stereocenters. The molecular formula is C16H34N2O. The van der Waals surface area contributed by atoms with E-state index >= 15 is 0 Å². The summed E-state index contributed by atoms with van der Waals surface area (Å²) in [5, 5.41) is 3.72. The van der Waals surface area contributed by atoms with E-state index in [4.69, 9.17) is 4.74 Å². The van der Waals surface area contributed by atoms with Crippen LogP contribution in [0.1, 0.15) is 48.5 Å². The molecule has 1 aliphatic heterocycles. The van der Waals surface area contributed by atoms with Crippen LogP contribution in [0.2, 0.25) is 0 Å². The first kappa shape index (κ1) is 16.9. The van der Waals surface area contributed by atoms with Gasteiger partial charge in [0, 0.05) is 38.3 Å². The van der Waals surface area contributed by atoms with Crippen molar-refractivity contribution in [3.05, 3.63) is 0 Å². The predicted molar refractivity (Wildman–Crippen MR) is 82.5 cm³/mol. The zero-order chi connectivity index (χ0) is 14.6. The smallest absolute Gasteiger partial charge is 0.0752 e. The van der Waals surface area contributed by atoms with E-state index in [9.17, 15) is 0 Å². The van der Waals surface area contributed by atoms with Gasteiger partial charge < -0.3 is 10.1 Å². The summed E-state index contributed by atoms with van der Waals surface area (Å²) >= 11 is 0. The Balaban J connectivity index is 2.71. The van der Waals surface area contributed by atoms with E-state index in [1.54, 1.807) is 0 Å². The predicted octanol–water partition coefficient (Wildman–Crippen LogP) is 2.76. The zero-order valence-electron chi connectivity index (χ0n) is 14.0. The summed E-state index contributed by atoms with van der Waals surface area (Å²) in [5.74, 6) is 1.36. The second kappa shape index (κ2) is 7.05. The first-order valence-electron chi connectivity index (χ1n) is 7.88. The minimum absolute atomic E-state index is 0.0548. The molecule has 0 bridgehead atoms. The van der Waals surface area contributed by atoms with Crippen LogP contribution in [0.4, 0.5) is 0 Å². The molecule has 19 heavy (non-hydrogen) atoms. The van der Waals surface area contributed by atoms with Crippen LogP contribution >= 0.6 is 0 Å². The Kier molecular flexibility index (Phi) is 6.28. The molecule has 0 aromatic rings. The van der Waals surface area contributed by atoms with Gasteiger partial charge in [0.15, 0.2) is 0 Å². The second-order valence-electron chi connectivity index (χ2n) is 7.19. The lowest BCUT2D eigenvalue weighted by Gasteiger charge is -2.46. The molecule has 1 rings (SSSR count). The van der Waals surface area contributed by atoms with Crippen LogP contribution < -0.4 is 5.32 Å². The SMILES string of the molecule is CCOC(C)(C)CN1CC(C(C)C)NCC1C(C)C. The highest BCUT2D eigenvalue weighted by molar-refractivity contribution is 4.91. The van der Waals surface area contributed by atoms with E-state index in [1.165, 1.54) is 0 Å². The highest BCUT2D eigenvalue weighted by Crippen LogP contribution is 2.22. The molecule has 1 fully saturated rings. The Bertz CT molecular complexity index is 263. The number of hydrogen-bond acceptors (Lipinski definition) is 3. The molecule has 0 aromatic heterocycles. The van der Waals surface area contributed by atoms with Crippen molar-refractivity contribution < 1.29 is 4.74 Å². The molecule has 1 aliphatic rings. The molecule has 3 heteroatoms. The molecule has 0 aliphatic carbocycles. The van der Waals surface area contributed by atoms with Gasteiger partial charge in [-0.15, -0.1) is 0 Å². The third-order valence-electron chi connectivity index (χ3n) is 4.18. The van der Waals surface area contributed by atoms with E-state index in [0.29, 0.717) is 23.9 Å². The summed E-state index contributed by atoms with van der Waals surface area (Å²) < 4.78 is 5.89. The number of piperazine rings is 1. The number of nitrogens with zero attached hydrogens (tertiary/aromatic N) is 1. The lowest BCUT2D eigenvalue weighted by Crippen LogP contribution is -2.62. The lowest BCUT2D eigenvalue weighted by molar-refractivity contribution is -0.0554. The Morgan fingerprint density at radius 1 is 1.21 bits per heavy atom. The quantitative estimate of drug-likeness (QED) is 0.803. The molecule has 0 radical (unpaired) electrons. The van der Waals surface area contributed by atoms with Crippen molar-refractivity contribution in [2.75, 3.05) is 26.2 Å². The van der Waals surface area contributed by atoms with Gasteiger partial charge in [0.05, 0.1) is 5.60 Å². The standard InChI is InChI=1S/C16H34N2O/c1-8-19-16(6,7)11-18-10-14(12(2)3)17-9-15(18)13(4)5/h12-15,17H,8-11H2,1-7H3. The molecule has 2 atom stereocenters. The summed E-state index contributed by atoms with van der Waals surface area (Å²) in [5.41, 5.74) is -0.0548. The molecule has 114 valence electrons. The van der Waals surface area contributed by atoms with Gasteiger partial charge in [-0.05, 0) is 32.6 Å². The largest absolute Gasteiger partial charge is 0.375 e. The second-order valence-corrected chi connectivity index (χ2v) is 7.19. The van der Waals surface area contributed by atoms with Crippen molar-refractivity contribution in [3.8, 4) is 0 Å². The molecular weight excluding hydrogens is 236 g/mol. The zero-order valence-corrected chi connectivity index (χ0v) is 14.0. The van der Waals surface area contributed by atoms with Gasteiger partial charge in [-0.1, -0.05) is 27.7 Å². The molecule has 0 spiro atoms. The summed E-state index contributed by atoms with van der Waals surface area (Å²) in [6.07, 6.45) is 0. The van der Waals surface area contributed by atoms with E-state index in [-0.39, 0.29) is 5.60 Å². The average Bonchev–Trinajstić information content (AvgIpc) is 2.27. The fourth-order valence-corrected chi connectivity index (χ4v) is 3.06. The number of rotatable bonds is 6. The third-order valence-corrected chi connectivity index (χ3v) is 4.18. The van der Waals surface area contributed by atoms with Crippen LogP contribution in [0.5, 0.6) is 0 Å². The topological polar surface area (TPSA) is 24.5 Å². The van der Waals surface area contributed by atoms with Crippen LogP contribution in [0, 0.1) is 11.8 Å². The van der Waals surface area contributed by atoms with E-state index in [0.717, 1.165) is 26.2 Å². The van der Waals surface area contributed by atoms with Gasteiger partial charge >= 0.3 is 0 Å². The van der Waals surface area contributed by atoms with Crippen LogP contribution in [0.15, 0.2) is 0 Å². The maximum absolute atomic E-state index is 5.89. The van der Waals surface area contributed by atoms with Crippen molar-refractivity contribution in [1.82, 2.24) is 10.2 Å². The third kappa shape index (κ3) is 5.05. The van der Waals surface area contributed by atoms with Gasteiger partial charge in [-0.3, -0.25) is 4.90 Å². The van der Waals surface area contributed by atoms with Gasteiger partial charge in [0.25, 0.3) is 0 Å². The molecule has 0 saturated carbocycles. The molecule has 3 nitrogen and oxygen atoms in total. The van der Waals surface area contributed by atoms with E-state index in [2.05, 4.69) is 58.7 Å². The highest BCUT2D eigenvalue weighted by atomic mass is 16.5. The Morgan fingerprint density at radius 2 is 1.84 bits per heavy atom. The van der Waals surface area contributed by atoms with Gasteiger partial charge in [0.2, 0.25) is 0 Å². The molecule has 0 amide bonds. The average molecular weight is 270 g/mol. The number of hydrogen-bond donors (Lipinski definition) is 1. The molecule has 1 saturated heterocycles. The van der Waals surface area contributed by atoms with Gasteiger partial charge in [-0.2, -0.15) is 0 Å². The monoisotopic (exact) mass is 270 g/mol. The normalized spacial score (nSPS) is 26.4. The van der Waals surface area contributed by atoms with Crippen molar-refractivity contribution in [1.29, 1.82) is 0 Å². The maximum atomic E-state index is 5.89. The summed E-state index contributed by atoms with van der Waals surface area (Å²) in [6.45, 7) is 19.8. The summed E-state index contributed by atoms with van der Waals surface area (Å²) in [4.78, 5) is 2.64. The van der Waals surface area contributed by atoms with Crippen LogP contribution in [-0.4, -0.2) is 48.8 Å². The summed E-state index contributed by atoms with van der Waals surface area (Å²) in [6, 6.07) is 1.22. The Morgan fingerprint density at radius 3 is 2.32 bits per heavy atom. The van der Waals surface area contributed by atoms with Crippen LogP contribution in [0.25, 0.3) is 0 Å². The van der Waals surface area contributed by atoms with E-state index < -0.39 is 0 Å². The van der Waals surface area contributed by atoms with Crippen molar-refractivity contribution in [3.63, 3.8) is 0 Å². The fraction of sp³-hybridized carbons (Fsp3) is 1.00. The number of ether oxygens (including phenoxy) is 1. The Hall–Kier alpha value is -0.120. The first-order valence-corrected chi connectivity index (χ1v) is 7.88. The Labute approximate surface area is 120 Å². The van der Waals surface area contributed by atoms with E-state index in [1.807, 2.05) is 0 Å². The highest BCUT2D eigenvalue weighted by Gasteiger charge is 2.34. The van der Waals surface area contributed by atoms with Crippen molar-refractivity contribution in [2.24, 2.45) is 11.8 Å². The number of nitrogens with one attached hydrogen (secondary N) is 1. The fourth-order valence-electron chi connectivity index (χ4n) is 3.06. The first-order chi connectivity index (χ1) is 8.76. The lowest BCUT2D eigenvalue weighted by atomic mass is 9.93. The summed E-state index contributed by atoms with van der Waals surface area (Å²) in [7, 11) is 0. The van der Waals surface area contributed by atoms with Gasteiger partial charge in [-0.25, -0.2) is 0 Å². The maximum Gasteiger partial charge on any atom is 0.0752 e. The molecule has 0 aromatic carbocycles.